The number of carboxylic acid groups (broad SMARTS) is 1. The van der Waals surface area contributed by atoms with E-state index >= 15 is 0 Å². The summed E-state index contributed by atoms with van der Waals surface area (Å²) in [5.41, 5.74) is 1.24. The van der Waals surface area contributed by atoms with Crippen molar-refractivity contribution >= 4 is 5.97 Å². The van der Waals surface area contributed by atoms with Gasteiger partial charge in [0.1, 0.15) is 17.9 Å². The topological polar surface area (TPSA) is 76.0 Å². The van der Waals surface area contributed by atoms with Crippen molar-refractivity contribution in [2.75, 3.05) is 26.4 Å². The van der Waals surface area contributed by atoms with Gasteiger partial charge < -0.3 is 19.7 Å². The molecule has 0 aliphatic carbocycles. The lowest BCUT2D eigenvalue weighted by atomic mass is 10.0. The Balaban J connectivity index is 2.36. The largest absolute Gasteiger partial charge is 0.490 e. The van der Waals surface area contributed by atoms with Gasteiger partial charge in [0.25, 0.3) is 0 Å². The molecule has 0 bridgehead atoms. The Bertz CT molecular complexity index is 501. The minimum atomic E-state index is -0.978. The van der Waals surface area contributed by atoms with Gasteiger partial charge in [-0.2, -0.15) is 0 Å². The van der Waals surface area contributed by atoms with Gasteiger partial charge in [0.15, 0.2) is 0 Å². The fourth-order valence-electron chi connectivity index (χ4n) is 2.87. The van der Waals surface area contributed by atoms with E-state index in [4.69, 9.17) is 14.6 Å². The number of carboxylic acids is 1. The standard InChI is InChI=1S/C21H34O5/c1-2-3-4-5-6-7-8-9-10-18-11-12-20(19(17-18)21(23)24)26-16-15-25-14-13-22/h11-12,17,22H,2-10,13-16H2,1H3,(H,23,24). The second-order valence-corrected chi connectivity index (χ2v) is 6.54. The zero-order chi connectivity index (χ0) is 19.0. The third kappa shape index (κ3) is 9.78. The predicted molar refractivity (Wildman–Crippen MR) is 103 cm³/mol. The summed E-state index contributed by atoms with van der Waals surface area (Å²) >= 11 is 0. The quantitative estimate of drug-likeness (QED) is 0.423. The number of aliphatic hydroxyl groups excluding tert-OH is 1. The first-order valence-corrected chi connectivity index (χ1v) is 9.86. The van der Waals surface area contributed by atoms with Crippen LogP contribution in [0.25, 0.3) is 0 Å². The molecule has 26 heavy (non-hydrogen) atoms. The van der Waals surface area contributed by atoms with E-state index in [0.29, 0.717) is 12.4 Å². The summed E-state index contributed by atoms with van der Waals surface area (Å²) in [7, 11) is 0. The molecule has 1 aromatic rings. The van der Waals surface area contributed by atoms with Crippen LogP contribution in [0.2, 0.25) is 0 Å². The van der Waals surface area contributed by atoms with Gasteiger partial charge >= 0.3 is 5.97 Å². The van der Waals surface area contributed by atoms with Crippen LogP contribution in [0.4, 0.5) is 0 Å². The second-order valence-electron chi connectivity index (χ2n) is 6.54. The highest BCUT2D eigenvalue weighted by atomic mass is 16.5. The highest BCUT2D eigenvalue weighted by Gasteiger charge is 2.12. The first kappa shape index (κ1) is 22.5. The molecule has 5 nitrogen and oxygen atoms in total. The van der Waals surface area contributed by atoms with Gasteiger partial charge in [0, 0.05) is 0 Å². The zero-order valence-corrected chi connectivity index (χ0v) is 16.0. The van der Waals surface area contributed by atoms with E-state index in [2.05, 4.69) is 6.92 Å². The van der Waals surface area contributed by atoms with E-state index in [1.807, 2.05) is 6.07 Å². The van der Waals surface area contributed by atoms with Crippen molar-refractivity contribution in [3.8, 4) is 5.75 Å². The average molecular weight is 366 g/mol. The minimum Gasteiger partial charge on any atom is -0.490 e. The Hall–Kier alpha value is -1.59. The molecule has 0 saturated carbocycles. The minimum absolute atomic E-state index is 0.0339. The lowest BCUT2D eigenvalue weighted by Crippen LogP contribution is -2.11. The third-order valence-electron chi connectivity index (χ3n) is 4.31. The number of carbonyl (C=O) groups is 1. The zero-order valence-electron chi connectivity index (χ0n) is 16.0. The number of aryl methyl sites for hydroxylation is 1. The van der Waals surface area contributed by atoms with Crippen LogP contribution in [0.5, 0.6) is 5.75 Å². The van der Waals surface area contributed by atoms with Crippen LogP contribution in [-0.2, 0) is 11.2 Å². The number of rotatable bonds is 16. The van der Waals surface area contributed by atoms with Gasteiger partial charge in [-0.15, -0.1) is 0 Å². The molecule has 0 aliphatic rings. The second kappa shape index (κ2) is 14.6. The van der Waals surface area contributed by atoms with Crippen LogP contribution in [0, 0.1) is 0 Å². The van der Waals surface area contributed by atoms with Crippen molar-refractivity contribution in [1.82, 2.24) is 0 Å². The molecule has 148 valence electrons. The van der Waals surface area contributed by atoms with Crippen molar-refractivity contribution < 1.29 is 24.5 Å². The molecular formula is C21H34O5. The highest BCUT2D eigenvalue weighted by Crippen LogP contribution is 2.22. The van der Waals surface area contributed by atoms with Crippen molar-refractivity contribution in [3.63, 3.8) is 0 Å². The number of hydrogen-bond donors (Lipinski definition) is 2. The smallest absolute Gasteiger partial charge is 0.339 e. The molecule has 0 radical (unpaired) electrons. The number of hydrogen-bond acceptors (Lipinski definition) is 4. The van der Waals surface area contributed by atoms with Crippen LogP contribution in [0.3, 0.4) is 0 Å². The molecular weight excluding hydrogens is 332 g/mol. The molecule has 0 unspecified atom stereocenters. The molecule has 0 spiro atoms. The maximum absolute atomic E-state index is 11.5. The molecule has 0 fully saturated rings. The molecule has 0 aliphatic heterocycles. The van der Waals surface area contributed by atoms with E-state index in [1.165, 1.54) is 44.9 Å². The summed E-state index contributed by atoms with van der Waals surface area (Å²) in [4.78, 5) is 11.5. The molecule has 1 aromatic carbocycles. The summed E-state index contributed by atoms with van der Waals surface area (Å²) < 4.78 is 10.6. The summed E-state index contributed by atoms with van der Waals surface area (Å²) in [6.45, 7) is 3.03. The van der Waals surface area contributed by atoms with E-state index in [-0.39, 0.29) is 25.4 Å². The van der Waals surface area contributed by atoms with Gasteiger partial charge in [-0.05, 0) is 30.5 Å². The Kier molecular flexibility index (Phi) is 12.6. The van der Waals surface area contributed by atoms with Crippen molar-refractivity contribution in [2.45, 2.75) is 64.7 Å². The van der Waals surface area contributed by atoms with Crippen LogP contribution in [0.1, 0.15) is 74.2 Å². The Labute approximate surface area is 157 Å². The van der Waals surface area contributed by atoms with Crippen LogP contribution < -0.4 is 4.74 Å². The fourth-order valence-corrected chi connectivity index (χ4v) is 2.87. The Morgan fingerprint density at radius 3 is 2.31 bits per heavy atom. The molecule has 0 aromatic heterocycles. The van der Waals surface area contributed by atoms with Gasteiger partial charge in [0.05, 0.1) is 19.8 Å². The number of aliphatic hydroxyl groups is 1. The summed E-state index contributed by atoms with van der Waals surface area (Å²) in [5.74, 6) is -0.612. The monoisotopic (exact) mass is 366 g/mol. The number of ether oxygens (including phenoxy) is 2. The van der Waals surface area contributed by atoms with Crippen molar-refractivity contribution in [2.24, 2.45) is 0 Å². The summed E-state index contributed by atoms with van der Waals surface area (Å²) in [6.07, 6.45) is 11.0. The number of benzene rings is 1. The average Bonchev–Trinajstić information content (AvgIpc) is 2.64. The van der Waals surface area contributed by atoms with Crippen LogP contribution in [-0.4, -0.2) is 42.6 Å². The Morgan fingerprint density at radius 1 is 0.962 bits per heavy atom. The lowest BCUT2D eigenvalue weighted by molar-refractivity contribution is 0.0656. The first-order valence-electron chi connectivity index (χ1n) is 9.86. The lowest BCUT2D eigenvalue weighted by Gasteiger charge is -2.11. The predicted octanol–water partition coefficient (Wildman–Crippen LogP) is 4.46. The molecule has 0 amide bonds. The van der Waals surface area contributed by atoms with E-state index in [9.17, 15) is 9.90 Å². The number of aromatic carboxylic acids is 1. The molecule has 0 saturated heterocycles. The maximum atomic E-state index is 11.5. The van der Waals surface area contributed by atoms with Crippen molar-refractivity contribution in [3.05, 3.63) is 29.3 Å². The highest BCUT2D eigenvalue weighted by molar-refractivity contribution is 5.91. The third-order valence-corrected chi connectivity index (χ3v) is 4.31. The fraction of sp³-hybridized carbons (Fsp3) is 0.667. The van der Waals surface area contributed by atoms with Gasteiger partial charge in [-0.25, -0.2) is 4.79 Å². The van der Waals surface area contributed by atoms with E-state index in [0.717, 1.165) is 18.4 Å². The first-order chi connectivity index (χ1) is 12.7. The summed E-state index contributed by atoms with van der Waals surface area (Å²) in [5, 5.41) is 18.0. The van der Waals surface area contributed by atoms with Crippen LogP contribution >= 0.6 is 0 Å². The van der Waals surface area contributed by atoms with Gasteiger partial charge in [-0.1, -0.05) is 57.9 Å². The maximum Gasteiger partial charge on any atom is 0.339 e. The van der Waals surface area contributed by atoms with E-state index in [1.54, 1.807) is 12.1 Å². The molecule has 5 heteroatoms. The normalized spacial score (nSPS) is 10.8. The van der Waals surface area contributed by atoms with Gasteiger partial charge in [-0.3, -0.25) is 0 Å². The number of unbranched alkanes of at least 4 members (excludes halogenated alkanes) is 7. The summed E-state index contributed by atoms with van der Waals surface area (Å²) in [6, 6.07) is 5.39. The van der Waals surface area contributed by atoms with Crippen molar-refractivity contribution in [1.29, 1.82) is 0 Å². The van der Waals surface area contributed by atoms with Crippen LogP contribution in [0.15, 0.2) is 18.2 Å². The molecule has 1 rings (SSSR count). The van der Waals surface area contributed by atoms with E-state index < -0.39 is 5.97 Å². The molecule has 2 N–H and O–H groups in total. The molecule has 0 atom stereocenters. The molecule has 0 heterocycles. The SMILES string of the molecule is CCCCCCCCCCc1ccc(OCCOCCO)c(C(=O)O)c1. The van der Waals surface area contributed by atoms with Gasteiger partial charge in [0.2, 0.25) is 0 Å². The Morgan fingerprint density at radius 2 is 1.65 bits per heavy atom.